The van der Waals surface area contributed by atoms with Crippen molar-refractivity contribution in [2.75, 3.05) is 19.8 Å². The van der Waals surface area contributed by atoms with Crippen molar-refractivity contribution in [2.45, 2.75) is 51.4 Å². The number of nitrogens with one attached hydrogen (secondary N) is 1. The summed E-state index contributed by atoms with van der Waals surface area (Å²) in [6.45, 7) is 4.58. The van der Waals surface area contributed by atoms with E-state index >= 15 is 0 Å². The third-order valence-electron chi connectivity index (χ3n) is 5.94. The Kier molecular flexibility index (Phi) is 7.56. The van der Waals surface area contributed by atoms with Gasteiger partial charge in [-0.05, 0) is 49.8 Å². The van der Waals surface area contributed by atoms with Crippen LogP contribution in [-0.2, 0) is 25.2 Å². The lowest BCUT2D eigenvalue weighted by Gasteiger charge is -2.36. The minimum atomic E-state index is -4.48. The molecule has 1 N–H and O–H groups in total. The number of thioether (sulfide) groups is 1. The second-order valence-corrected chi connectivity index (χ2v) is 9.19. The quantitative estimate of drug-likeness (QED) is 0.544. The Morgan fingerprint density at radius 1 is 1.29 bits per heavy atom. The number of ether oxygens (including phenoxy) is 2. The first kappa shape index (κ1) is 25.3. The summed E-state index contributed by atoms with van der Waals surface area (Å²) in [4.78, 5) is 31.9. The van der Waals surface area contributed by atoms with Gasteiger partial charge in [-0.25, -0.2) is 9.79 Å². The van der Waals surface area contributed by atoms with E-state index in [9.17, 15) is 22.8 Å². The van der Waals surface area contributed by atoms with E-state index in [0.29, 0.717) is 35.3 Å². The molecule has 1 aromatic rings. The van der Waals surface area contributed by atoms with Gasteiger partial charge in [0.05, 0.1) is 42.0 Å². The number of hydrogen-bond donors (Lipinski definition) is 1. The van der Waals surface area contributed by atoms with Crippen LogP contribution in [0.25, 0.3) is 0 Å². The largest absolute Gasteiger partial charge is 0.463 e. The van der Waals surface area contributed by atoms with Gasteiger partial charge in [-0.1, -0.05) is 23.9 Å². The summed E-state index contributed by atoms with van der Waals surface area (Å²) < 4.78 is 50.3. The normalized spacial score (nSPS) is 22.0. The molecule has 188 valence electrons. The predicted molar refractivity (Wildman–Crippen MR) is 125 cm³/mol. The minimum Gasteiger partial charge on any atom is -0.463 e. The van der Waals surface area contributed by atoms with Gasteiger partial charge in [0.2, 0.25) is 5.91 Å². The number of fused-ring (bicyclic) bond motifs is 1. The van der Waals surface area contributed by atoms with Gasteiger partial charge in [0.25, 0.3) is 0 Å². The van der Waals surface area contributed by atoms with Crippen LogP contribution in [0.5, 0.6) is 0 Å². The zero-order valence-electron chi connectivity index (χ0n) is 19.4. The number of hydrogen-bond acceptors (Lipinski definition) is 7. The standard InChI is InChI=1S/C24H26F3N3O4S/c1-3-33-22(32)20-14(2)29-23-30(21(20)15-6-8-16(9-7-15)24(25,26)27)17(13-35-23)11-19(31)28-12-18-5-4-10-34-18/h6-9,13,18,21H,3-5,10-12H2,1-2H3,(H,28,31)/t18-,21+/m1/s1. The zero-order valence-corrected chi connectivity index (χ0v) is 20.2. The molecular weight excluding hydrogens is 483 g/mol. The highest BCUT2D eigenvalue weighted by Crippen LogP contribution is 2.45. The van der Waals surface area contributed by atoms with Crippen molar-refractivity contribution in [3.8, 4) is 0 Å². The van der Waals surface area contributed by atoms with Crippen LogP contribution < -0.4 is 5.32 Å². The molecule has 11 heteroatoms. The summed E-state index contributed by atoms with van der Waals surface area (Å²) >= 11 is 1.30. The Bertz CT molecular complexity index is 1080. The van der Waals surface area contributed by atoms with E-state index < -0.39 is 23.8 Å². The molecule has 1 amide bonds. The van der Waals surface area contributed by atoms with Crippen molar-refractivity contribution < 1.29 is 32.2 Å². The van der Waals surface area contributed by atoms with Crippen molar-refractivity contribution in [1.29, 1.82) is 0 Å². The van der Waals surface area contributed by atoms with Crippen LogP contribution in [0.1, 0.15) is 50.3 Å². The monoisotopic (exact) mass is 509 g/mol. The van der Waals surface area contributed by atoms with Crippen molar-refractivity contribution in [2.24, 2.45) is 4.99 Å². The maximum atomic E-state index is 13.2. The molecule has 0 aliphatic carbocycles. The number of esters is 1. The van der Waals surface area contributed by atoms with Gasteiger partial charge in [-0.3, -0.25) is 4.79 Å². The summed E-state index contributed by atoms with van der Waals surface area (Å²) in [5.74, 6) is -0.819. The Hall–Kier alpha value is -2.79. The van der Waals surface area contributed by atoms with E-state index in [2.05, 4.69) is 10.3 Å². The molecule has 4 rings (SSSR count). The van der Waals surface area contributed by atoms with E-state index in [0.717, 1.165) is 25.0 Å². The van der Waals surface area contributed by atoms with Crippen LogP contribution >= 0.6 is 11.8 Å². The third-order valence-corrected chi connectivity index (χ3v) is 6.83. The number of alkyl halides is 3. The van der Waals surface area contributed by atoms with E-state index in [1.165, 1.54) is 23.9 Å². The summed E-state index contributed by atoms with van der Waals surface area (Å²) in [7, 11) is 0. The number of rotatable bonds is 7. The number of carbonyl (C=O) groups excluding carboxylic acids is 2. The molecule has 0 aromatic heterocycles. The molecular formula is C24H26F3N3O4S. The first-order valence-corrected chi connectivity index (χ1v) is 12.2. The second-order valence-electron chi connectivity index (χ2n) is 8.35. The van der Waals surface area contributed by atoms with E-state index in [-0.39, 0.29) is 30.6 Å². The minimum absolute atomic E-state index is 0.00103. The molecule has 0 bridgehead atoms. The predicted octanol–water partition coefficient (Wildman–Crippen LogP) is 4.53. The topological polar surface area (TPSA) is 80.2 Å². The van der Waals surface area contributed by atoms with Crippen LogP contribution in [0, 0.1) is 0 Å². The van der Waals surface area contributed by atoms with Crippen LogP contribution in [0.4, 0.5) is 13.2 Å². The molecule has 7 nitrogen and oxygen atoms in total. The van der Waals surface area contributed by atoms with Gasteiger partial charge in [0.1, 0.15) is 0 Å². The number of benzene rings is 1. The van der Waals surface area contributed by atoms with Crippen LogP contribution in [-0.4, -0.2) is 47.8 Å². The number of nitrogens with zero attached hydrogens (tertiary/aromatic N) is 2. The molecule has 0 saturated carbocycles. The van der Waals surface area contributed by atoms with Gasteiger partial charge in [-0.2, -0.15) is 13.2 Å². The Morgan fingerprint density at radius 2 is 2.03 bits per heavy atom. The summed E-state index contributed by atoms with van der Waals surface area (Å²) in [5, 5.41) is 5.20. The van der Waals surface area contributed by atoms with E-state index in [1.807, 2.05) is 0 Å². The summed E-state index contributed by atoms with van der Waals surface area (Å²) in [6, 6.07) is 3.89. The zero-order chi connectivity index (χ0) is 25.2. The molecule has 0 unspecified atom stereocenters. The van der Waals surface area contributed by atoms with Crippen molar-refractivity contribution in [3.05, 3.63) is 57.8 Å². The van der Waals surface area contributed by atoms with Crippen LogP contribution in [0.2, 0.25) is 0 Å². The highest BCUT2D eigenvalue weighted by atomic mass is 32.2. The van der Waals surface area contributed by atoms with Crippen LogP contribution in [0.15, 0.2) is 51.6 Å². The molecule has 2 atom stereocenters. The number of aliphatic imine (C=N–C) groups is 1. The fourth-order valence-electron chi connectivity index (χ4n) is 4.27. The smallest absolute Gasteiger partial charge is 0.416 e. The second kappa shape index (κ2) is 10.4. The lowest BCUT2D eigenvalue weighted by molar-refractivity contribution is -0.139. The maximum Gasteiger partial charge on any atom is 0.416 e. The molecule has 3 aliphatic rings. The van der Waals surface area contributed by atoms with Gasteiger partial charge >= 0.3 is 12.1 Å². The molecule has 35 heavy (non-hydrogen) atoms. The highest BCUT2D eigenvalue weighted by molar-refractivity contribution is 8.16. The Balaban J connectivity index is 1.62. The fraction of sp³-hybridized carbons (Fsp3) is 0.458. The molecule has 1 fully saturated rings. The lowest BCUT2D eigenvalue weighted by atomic mass is 9.93. The van der Waals surface area contributed by atoms with Gasteiger partial charge < -0.3 is 19.7 Å². The Labute approximate surface area is 205 Å². The van der Waals surface area contributed by atoms with Crippen molar-refractivity contribution >= 4 is 28.8 Å². The molecule has 1 aromatic carbocycles. The number of carbonyl (C=O) groups is 2. The number of amides is 1. The lowest BCUT2D eigenvalue weighted by Crippen LogP contribution is -2.38. The maximum absolute atomic E-state index is 13.2. The van der Waals surface area contributed by atoms with Crippen molar-refractivity contribution in [1.82, 2.24) is 10.2 Å². The van der Waals surface area contributed by atoms with E-state index in [1.54, 1.807) is 24.2 Å². The SMILES string of the molecule is CCOC(=O)C1=C(C)N=C2SC=C(CC(=O)NC[C@H]3CCCO3)N2[C@H]1c1ccc(C(F)(F)F)cc1. The van der Waals surface area contributed by atoms with Gasteiger partial charge in [0, 0.05) is 18.8 Å². The van der Waals surface area contributed by atoms with Crippen LogP contribution in [0.3, 0.4) is 0 Å². The molecule has 0 radical (unpaired) electrons. The van der Waals surface area contributed by atoms with Crippen molar-refractivity contribution in [3.63, 3.8) is 0 Å². The number of allylic oxidation sites excluding steroid dienone is 1. The molecule has 1 saturated heterocycles. The van der Waals surface area contributed by atoms with Gasteiger partial charge in [-0.15, -0.1) is 0 Å². The third kappa shape index (κ3) is 5.56. The highest BCUT2D eigenvalue weighted by Gasteiger charge is 2.41. The first-order valence-electron chi connectivity index (χ1n) is 11.4. The van der Waals surface area contributed by atoms with E-state index in [4.69, 9.17) is 9.47 Å². The average Bonchev–Trinajstić information content (AvgIpc) is 3.46. The summed E-state index contributed by atoms with van der Waals surface area (Å²) in [6.07, 6.45) is -2.61. The number of halogens is 3. The molecule has 3 aliphatic heterocycles. The first-order chi connectivity index (χ1) is 16.7. The van der Waals surface area contributed by atoms with Gasteiger partial charge in [0.15, 0.2) is 5.17 Å². The fourth-order valence-corrected chi connectivity index (χ4v) is 5.23. The average molecular weight is 510 g/mol. The molecule has 0 spiro atoms. The number of amidine groups is 1. The summed E-state index contributed by atoms with van der Waals surface area (Å²) in [5.41, 5.74) is 0.913. The molecule has 3 heterocycles. The Morgan fingerprint density at radius 3 is 2.66 bits per heavy atom.